The third kappa shape index (κ3) is 9.50. The van der Waals surface area contributed by atoms with Gasteiger partial charge < -0.3 is 4.74 Å². The van der Waals surface area contributed by atoms with E-state index in [9.17, 15) is 4.79 Å². The maximum absolute atomic E-state index is 11.0. The number of esters is 1. The molecular formula is C14H24O2. The lowest BCUT2D eigenvalue weighted by atomic mass is 10.1. The molecule has 0 aliphatic carbocycles. The van der Waals surface area contributed by atoms with Crippen molar-refractivity contribution in [1.82, 2.24) is 0 Å². The summed E-state index contributed by atoms with van der Waals surface area (Å²) in [6, 6.07) is 0. The molecule has 0 aromatic carbocycles. The smallest absolute Gasteiger partial charge is 0.337 e. The van der Waals surface area contributed by atoms with Crippen LogP contribution in [-0.4, -0.2) is 5.97 Å². The second kappa shape index (κ2) is 10.5. The molecule has 16 heavy (non-hydrogen) atoms. The number of ether oxygens (including phenoxy) is 1. The minimum atomic E-state index is -0.348. The van der Waals surface area contributed by atoms with E-state index in [1.807, 2.05) is 6.08 Å². The van der Waals surface area contributed by atoms with Gasteiger partial charge in [0.05, 0.1) is 6.26 Å². The van der Waals surface area contributed by atoms with Gasteiger partial charge in [0, 0.05) is 5.57 Å². The highest BCUT2D eigenvalue weighted by Gasteiger charge is 1.98. The van der Waals surface area contributed by atoms with E-state index in [-0.39, 0.29) is 5.97 Å². The first-order valence-corrected chi connectivity index (χ1v) is 6.20. The van der Waals surface area contributed by atoms with Crippen molar-refractivity contribution in [2.45, 2.75) is 58.8 Å². The number of hydrogen-bond acceptors (Lipinski definition) is 2. The van der Waals surface area contributed by atoms with Crippen molar-refractivity contribution in [2.24, 2.45) is 0 Å². The van der Waals surface area contributed by atoms with E-state index >= 15 is 0 Å². The van der Waals surface area contributed by atoms with Crippen LogP contribution in [0.5, 0.6) is 0 Å². The Hall–Kier alpha value is -1.05. The maximum Gasteiger partial charge on any atom is 0.337 e. The zero-order valence-electron chi connectivity index (χ0n) is 10.6. The van der Waals surface area contributed by atoms with Gasteiger partial charge in [-0.25, -0.2) is 4.79 Å². The highest BCUT2D eigenvalue weighted by Crippen LogP contribution is 2.07. The Morgan fingerprint density at radius 2 is 1.81 bits per heavy atom. The molecular weight excluding hydrogens is 200 g/mol. The maximum atomic E-state index is 11.0. The molecule has 0 aliphatic rings. The van der Waals surface area contributed by atoms with E-state index in [1.165, 1.54) is 44.8 Å². The largest absolute Gasteiger partial charge is 0.431 e. The Kier molecular flexibility index (Phi) is 9.78. The second-order valence-electron chi connectivity index (χ2n) is 4.11. The van der Waals surface area contributed by atoms with E-state index in [0.717, 1.165) is 6.42 Å². The van der Waals surface area contributed by atoms with Gasteiger partial charge in [-0.1, -0.05) is 45.6 Å². The predicted molar refractivity (Wildman–Crippen MR) is 68.0 cm³/mol. The summed E-state index contributed by atoms with van der Waals surface area (Å²) in [6.45, 7) is 7.37. The number of rotatable bonds is 9. The molecule has 0 unspecified atom stereocenters. The fourth-order valence-electron chi connectivity index (χ4n) is 1.32. The Bertz CT molecular complexity index is 229. The van der Waals surface area contributed by atoms with Gasteiger partial charge in [0.25, 0.3) is 0 Å². The normalized spacial score (nSPS) is 10.6. The fraction of sp³-hybridized carbons (Fsp3) is 0.643. The second-order valence-corrected chi connectivity index (χ2v) is 4.11. The molecule has 0 radical (unpaired) electrons. The van der Waals surface area contributed by atoms with Gasteiger partial charge in [0.15, 0.2) is 0 Å². The molecule has 0 fully saturated rings. The SMILES string of the molecule is C=C(C)C(=O)OC=CCCCCCCCC. The fourth-order valence-corrected chi connectivity index (χ4v) is 1.32. The molecule has 0 N–H and O–H groups in total. The van der Waals surface area contributed by atoms with E-state index in [2.05, 4.69) is 13.5 Å². The molecule has 0 aromatic rings. The van der Waals surface area contributed by atoms with Crippen LogP contribution in [0.3, 0.4) is 0 Å². The van der Waals surface area contributed by atoms with Crippen molar-refractivity contribution in [3.63, 3.8) is 0 Å². The average Bonchev–Trinajstić information content (AvgIpc) is 2.26. The Balaban J connectivity index is 3.28. The number of carbonyl (C=O) groups excluding carboxylic acids is 1. The van der Waals surface area contributed by atoms with Crippen LogP contribution in [0.15, 0.2) is 24.5 Å². The molecule has 0 aliphatic heterocycles. The molecule has 0 rings (SSSR count). The van der Waals surface area contributed by atoms with Gasteiger partial charge >= 0.3 is 5.97 Å². The van der Waals surface area contributed by atoms with Crippen LogP contribution >= 0.6 is 0 Å². The van der Waals surface area contributed by atoms with E-state index in [0.29, 0.717) is 5.57 Å². The minimum Gasteiger partial charge on any atom is -0.431 e. The van der Waals surface area contributed by atoms with Crippen molar-refractivity contribution < 1.29 is 9.53 Å². The lowest BCUT2D eigenvalue weighted by Gasteiger charge is -1.98. The summed E-state index contributed by atoms with van der Waals surface area (Å²) >= 11 is 0. The monoisotopic (exact) mass is 224 g/mol. The third-order valence-corrected chi connectivity index (χ3v) is 2.34. The highest BCUT2D eigenvalue weighted by atomic mass is 16.5. The van der Waals surface area contributed by atoms with Gasteiger partial charge in [-0.3, -0.25) is 0 Å². The van der Waals surface area contributed by atoms with Crippen molar-refractivity contribution in [3.05, 3.63) is 24.5 Å². The summed E-state index contributed by atoms with van der Waals surface area (Å²) < 4.78 is 4.83. The summed E-state index contributed by atoms with van der Waals surface area (Å²) in [4.78, 5) is 11.0. The molecule has 2 nitrogen and oxygen atoms in total. The molecule has 0 saturated heterocycles. The minimum absolute atomic E-state index is 0.348. The van der Waals surface area contributed by atoms with E-state index < -0.39 is 0 Å². The molecule has 2 heteroatoms. The first-order chi connectivity index (χ1) is 7.68. The van der Waals surface area contributed by atoms with Crippen LogP contribution < -0.4 is 0 Å². The van der Waals surface area contributed by atoms with Crippen LogP contribution in [-0.2, 0) is 9.53 Å². The summed E-state index contributed by atoms with van der Waals surface area (Å²) in [5.41, 5.74) is 0.434. The highest BCUT2D eigenvalue weighted by molar-refractivity contribution is 5.87. The van der Waals surface area contributed by atoms with Gasteiger partial charge in [-0.2, -0.15) is 0 Å². The lowest BCUT2D eigenvalue weighted by Crippen LogP contribution is -1.98. The van der Waals surface area contributed by atoms with Crippen LogP contribution in [0, 0.1) is 0 Å². The summed E-state index contributed by atoms with van der Waals surface area (Å²) in [5, 5.41) is 0. The standard InChI is InChI=1S/C14H24O2/c1-4-5-6-7-8-9-10-11-12-16-14(15)13(2)3/h11-12H,2,4-10H2,1,3H3. The van der Waals surface area contributed by atoms with Gasteiger partial charge in [-0.15, -0.1) is 0 Å². The number of carbonyl (C=O) groups is 1. The number of allylic oxidation sites excluding steroid dienone is 1. The van der Waals surface area contributed by atoms with Crippen LogP contribution in [0.4, 0.5) is 0 Å². The molecule has 0 amide bonds. The molecule has 0 aromatic heterocycles. The van der Waals surface area contributed by atoms with E-state index in [1.54, 1.807) is 6.92 Å². The van der Waals surface area contributed by atoms with Crippen molar-refractivity contribution in [1.29, 1.82) is 0 Å². The molecule has 0 bridgehead atoms. The summed E-state index contributed by atoms with van der Waals surface area (Å²) in [5.74, 6) is -0.348. The summed E-state index contributed by atoms with van der Waals surface area (Å²) in [7, 11) is 0. The topological polar surface area (TPSA) is 26.3 Å². The first kappa shape index (κ1) is 14.9. The molecule has 92 valence electrons. The number of unbranched alkanes of at least 4 members (excludes halogenated alkanes) is 6. The van der Waals surface area contributed by atoms with E-state index in [4.69, 9.17) is 4.74 Å². The molecule has 0 atom stereocenters. The zero-order valence-corrected chi connectivity index (χ0v) is 10.6. The van der Waals surface area contributed by atoms with Crippen molar-refractivity contribution >= 4 is 5.97 Å². The van der Waals surface area contributed by atoms with Gasteiger partial charge in [-0.05, 0) is 25.8 Å². The van der Waals surface area contributed by atoms with Crippen LogP contribution in [0.1, 0.15) is 58.8 Å². The Morgan fingerprint density at radius 3 is 2.44 bits per heavy atom. The third-order valence-electron chi connectivity index (χ3n) is 2.34. The molecule has 0 saturated carbocycles. The first-order valence-electron chi connectivity index (χ1n) is 6.20. The van der Waals surface area contributed by atoms with Crippen molar-refractivity contribution in [3.8, 4) is 0 Å². The van der Waals surface area contributed by atoms with Gasteiger partial charge in [0.2, 0.25) is 0 Å². The van der Waals surface area contributed by atoms with Crippen molar-refractivity contribution in [2.75, 3.05) is 0 Å². The van der Waals surface area contributed by atoms with Gasteiger partial charge in [0.1, 0.15) is 0 Å². The predicted octanol–water partition coefficient (Wildman–Crippen LogP) is 4.37. The Morgan fingerprint density at radius 1 is 1.19 bits per heavy atom. The molecule has 0 heterocycles. The summed E-state index contributed by atoms with van der Waals surface area (Å²) in [6.07, 6.45) is 12.1. The van der Waals surface area contributed by atoms with Crippen LogP contribution in [0.2, 0.25) is 0 Å². The quantitative estimate of drug-likeness (QED) is 0.251. The lowest BCUT2D eigenvalue weighted by molar-refractivity contribution is -0.133. The van der Waals surface area contributed by atoms with Crippen LogP contribution in [0.25, 0.3) is 0 Å². The zero-order chi connectivity index (χ0) is 12.2. The molecule has 0 spiro atoms. The number of hydrogen-bond donors (Lipinski definition) is 0. The average molecular weight is 224 g/mol. The Labute approximate surface area is 99.4 Å².